The lowest BCUT2D eigenvalue weighted by Crippen LogP contribution is -2.54. The van der Waals surface area contributed by atoms with E-state index in [4.69, 9.17) is 5.84 Å². The highest BCUT2D eigenvalue weighted by Gasteiger charge is 2.24. The van der Waals surface area contributed by atoms with E-state index < -0.39 is 0 Å². The van der Waals surface area contributed by atoms with Gasteiger partial charge in [-0.25, -0.2) is 10.6 Å². The number of carbonyl (C=O) groups excluding carboxylic acids is 2. The topological polar surface area (TPSA) is 78.7 Å². The highest BCUT2D eigenvalue weighted by atomic mass is 16.2. The summed E-state index contributed by atoms with van der Waals surface area (Å²) < 4.78 is 0. The predicted molar refractivity (Wildman–Crippen MR) is 66.6 cm³/mol. The number of hydrogen-bond donors (Lipinski definition) is 2. The molecule has 1 aliphatic heterocycles. The number of benzene rings is 1. The Morgan fingerprint density at radius 3 is 2.11 bits per heavy atom. The quantitative estimate of drug-likeness (QED) is 0.418. The first kappa shape index (κ1) is 12.4. The molecule has 1 aromatic rings. The second-order valence-electron chi connectivity index (χ2n) is 4.09. The average molecular weight is 248 g/mol. The van der Waals surface area contributed by atoms with Crippen LogP contribution in [0.15, 0.2) is 30.3 Å². The van der Waals surface area contributed by atoms with Crippen LogP contribution in [0.2, 0.25) is 0 Å². The van der Waals surface area contributed by atoms with Gasteiger partial charge >= 0.3 is 6.03 Å². The summed E-state index contributed by atoms with van der Waals surface area (Å²) >= 11 is 0. The molecule has 0 atom stereocenters. The Kier molecular flexibility index (Phi) is 3.78. The van der Waals surface area contributed by atoms with Gasteiger partial charge in [-0.15, -0.1) is 0 Å². The van der Waals surface area contributed by atoms with E-state index in [1.807, 2.05) is 18.2 Å². The van der Waals surface area contributed by atoms with Gasteiger partial charge in [-0.1, -0.05) is 18.2 Å². The fourth-order valence-corrected chi connectivity index (χ4v) is 1.97. The molecule has 6 nitrogen and oxygen atoms in total. The molecule has 0 aromatic heterocycles. The van der Waals surface area contributed by atoms with Crippen molar-refractivity contribution < 1.29 is 9.59 Å². The van der Waals surface area contributed by atoms with Gasteiger partial charge in [0, 0.05) is 31.7 Å². The van der Waals surface area contributed by atoms with Gasteiger partial charge in [0.05, 0.1) is 0 Å². The van der Waals surface area contributed by atoms with Gasteiger partial charge in [0.1, 0.15) is 0 Å². The van der Waals surface area contributed by atoms with E-state index in [0.717, 1.165) is 0 Å². The Morgan fingerprint density at radius 2 is 1.56 bits per heavy atom. The van der Waals surface area contributed by atoms with Gasteiger partial charge in [0.25, 0.3) is 5.91 Å². The zero-order valence-corrected chi connectivity index (χ0v) is 10.0. The molecule has 6 heteroatoms. The molecule has 1 saturated heterocycles. The monoisotopic (exact) mass is 248 g/mol. The van der Waals surface area contributed by atoms with Gasteiger partial charge in [-0.05, 0) is 12.1 Å². The van der Waals surface area contributed by atoms with E-state index in [-0.39, 0.29) is 11.9 Å². The van der Waals surface area contributed by atoms with E-state index in [2.05, 4.69) is 5.43 Å². The number of carbonyl (C=O) groups is 2. The van der Waals surface area contributed by atoms with Crippen molar-refractivity contribution in [3.63, 3.8) is 0 Å². The average Bonchev–Trinajstić information content (AvgIpc) is 2.47. The molecule has 0 unspecified atom stereocenters. The van der Waals surface area contributed by atoms with E-state index in [1.165, 1.54) is 0 Å². The first-order chi connectivity index (χ1) is 8.72. The first-order valence-electron chi connectivity index (χ1n) is 5.82. The lowest BCUT2D eigenvalue weighted by atomic mass is 10.2. The molecular formula is C12H16N4O2. The summed E-state index contributed by atoms with van der Waals surface area (Å²) in [5.41, 5.74) is 2.77. The molecule has 1 heterocycles. The van der Waals surface area contributed by atoms with Crippen molar-refractivity contribution in [2.75, 3.05) is 26.2 Å². The van der Waals surface area contributed by atoms with Crippen molar-refractivity contribution in [2.45, 2.75) is 0 Å². The summed E-state index contributed by atoms with van der Waals surface area (Å²) in [6.07, 6.45) is 0. The number of rotatable bonds is 1. The SMILES string of the molecule is NNC(=O)N1CCN(C(=O)c2ccccc2)CC1. The van der Waals surface area contributed by atoms with Gasteiger partial charge in [0.2, 0.25) is 0 Å². The van der Waals surface area contributed by atoms with Crippen LogP contribution in [0.25, 0.3) is 0 Å². The summed E-state index contributed by atoms with van der Waals surface area (Å²) in [6.45, 7) is 2.06. The van der Waals surface area contributed by atoms with E-state index in [9.17, 15) is 9.59 Å². The Morgan fingerprint density at radius 1 is 1.00 bits per heavy atom. The number of hydrazine groups is 1. The van der Waals surface area contributed by atoms with Crippen LogP contribution in [0.4, 0.5) is 4.79 Å². The third-order valence-corrected chi connectivity index (χ3v) is 3.00. The molecule has 0 spiro atoms. The Hall–Kier alpha value is -2.08. The fourth-order valence-electron chi connectivity index (χ4n) is 1.97. The summed E-state index contributed by atoms with van der Waals surface area (Å²) in [5.74, 6) is 5.07. The van der Waals surface area contributed by atoms with Gasteiger partial charge in [0.15, 0.2) is 0 Å². The minimum absolute atomic E-state index is 0.00315. The van der Waals surface area contributed by atoms with Crippen molar-refractivity contribution in [1.82, 2.24) is 15.2 Å². The van der Waals surface area contributed by atoms with Crippen LogP contribution in [-0.4, -0.2) is 47.9 Å². The molecule has 96 valence electrons. The molecule has 2 rings (SSSR count). The van der Waals surface area contributed by atoms with Crippen LogP contribution < -0.4 is 11.3 Å². The summed E-state index contributed by atoms with van der Waals surface area (Å²) in [6, 6.07) is 8.83. The molecule has 3 amide bonds. The van der Waals surface area contributed by atoms with Crippen LogP contribution in [0.1, 0.15) is 10.4 Å². The van der Waals surface area contributed by atoms with E-state index >= 15 is 0 Å². The number of hydrogen-bond acceptors (Lipinski definition) is 3. The smallest absolute Gasteiger partial charge is 0.331 e. The third kappa shape index (κ3) is 2.60. The van der Waals surface area contributed by atoms with Crippen molar-refractivity contribution in [3.8, 4) is 0 Å². The highest BCUT2D eigenvalue weighted by molar-refractivity contribution is 5.94. The minimum Gasteiger partial charge on any atom is -0.335 e. The maximum Gasteiger partial charge on any atom is 0.331 e. The number of amides is 3. The summed E-state index contributed by atoms with van der Waals surface area (Å²) in [7, 11) is 0. The summed E-state index contributed by atoms with van der Waals surface area (Å²) in [4.78, 5) is 26.8. The maximum atomic E-state index is 12.1. The van der Waals surface area contributed by atoms with Crippen molar-refractivity contribution in [2.24, 2.45) is 5.84 Å². The molecule has 1 aromatic carbocycles. The van der Waals surface area contributed by atoms with Crippen LogP contribution in [-0.2, 0) is 0 Å². The minimum atomic E-state index is -0.304. The van der Waals surface area contributed by atoms with Crippen molar-refractivity contribution >= 4 is 11.9 Å². The number of piperazine rings is 1. The normalized spacial score (nSPS) is 15.4. The zero-order chi connectivity index (χ0) is 13.0. The Balaban J connectivity index is 1.94. The number of nitrogens with zero attached hydrogens (tertiary/aromatic N) is 2. The molecular weight excluding hydrogens is 232 g/mol. The molecule has 0 aliphatic carbocycles. The van der Waals surface area contributed by atoms with Crippen LogP contribution in [0.3, 0.4) is 0 Å². The lowest BCUT2D eigenvalue weighted by molar-refractivity contribution is 0.0665. The third-order valence-electron chi connectivity index (χ3n) is 3.00. The van der Waals surface area contributed by atoms with E-state index in [1.54, 1.807) is 21.9 Å². The number of nitrogens with two attached hydrogens (primary N) is 1. The van der Waals surface area contributed by atoms with Crippen molar-refractivity contribution in [3.05, 3.63) is 35.9 Å². The van der Waals surface area contributed by atoms with Gasteiger partial charge in [-0.2, -0.15) is 0 Å². The fraction of sp³-hybridized carbons (Fsp3) is 0.333. The molecule has 1 aliphatic rings. The Labute approximate surface area is 105 Å². The second kappa shape index (κ2) is 5.50. The van der Waals surface area contributed by atoms with Crippen LogP contribution in [0, 0.1) is 0 Å². The maximum absolute atomic E-state index is 12.1. The largest absolute Gasteiger partial charge is 0.335 e. The van der Waals surface area contributed by atoms with Crippen LogP contribution >= 0.6 is 0 Å². The number of nitrogens with one attached hydrogen (secondary N) is 1. The van der Waals surface area contributed by atoms with E-state index in [0.29, 0.717) is 31.7 Å². The lowest BCUT2D eigenvalue weighted by Gasteiger charge is -2.34. The second-order valence-corrected chi connectivity index (χ2v) is 4.09. The first-order valence-corrected chi connectivity index (χ1v) is 5.82. The molecule has 18 heavy (non-hydrogen) atoms. The van der Waals surface area contributed by atoms with Gasteiger partial charge in [-0.3, -0.25) is 10.2 Å². The number of urea groups is 1. The van der Waals surface area contributed by atoms with Crippen molar-refractivity contribution in [1.29, 1.82) is 0 Å². The Bertz CT molecular complexity index is 427. The molecule has 1 fully saturated rings. The predicted octanol–water partition coefficient (Wildman–Crippen LogP) is 0.0277. The standard InChI is InChI=1S/C12H16N4O2/c13-14-12(18)16-8-6-15(7-9-16)11(17)10-4-2-1-3-5-10/h1-5H,6-9,13H2,(H,14,18). The molecule has 0 saturated carbocycles. The highest BCUT2D eigenvalue weighted by Crippen LogP contribution is 2.08. The molecule has 0 bridgehead atoms. The molecule has 0 radical (unpaired) electrons. The van der Waals surface area contributed by atoms with Crippen LogP contribution in [0.5, 0.6) is 0 Å². The van der Waals surface area contributed by atoms with Gasteiger partial charge < -0.3 is 9.80 Å². The summed E-state index contributed by atoms with van der Waals surface area (Å²) in [5, 5.41) is 0. The zero-order valence-electron chi connectivity index (χ0n) is 10.0. The molecule has 3 N–H and O–H groups in total.